The second-order valence-electron chi connectivity index (χ2n) is 2.18. The lowest BCUT2D eigenvalue weighted by Crippen LogP contribution is -2.24. The molecule has 0 aromatic heterocycles. The van der Waals surface area contributed by atoms with Gasteiger partial charge in [0, 0.05) is 12.6 Å². The third kappa shape index (κ3) is 1.18. The topological polar surface area (TPSA) is 52.5 Å². The molecular weight excluding hydrogens is 106 g/mol. The van der Waals surface area contributed by atoms with Gasteiger partial charge in [-0.25, -0.2) is 0 Å². The molecule has 0 bridgehead atoms. The molecule has 0 amide bonds. The number of hydrogen-bond acceptors (Lipinski definition) is 3. The highest BCUT2D eigenvalue weighted by molar-refractivity contribution is 4.79. The molecule has 1 unspecified atom stereocenters. The van der Waals surface area contributed by atoms with Crippen LogP contribution in [0.25, 0.3) is 0 Å². The Bertz CT molecular complexity index is 76.8. The molecule has 1 saturated heterocycles. The van der Waals surface area contributed by atoms with Gasteiger partial charge in [-0.1, -0.05) is 0 Å². The number of β-amino-alcohol motifs (C(OH)–C–C–N with tert-alkyl or cyclic N) is 1. The fraction of sp³-hybridized carbons (Fsp3) is 1.00. The lowest BCUT2D eigenvalue weighted by Gasteiger charge is -2.01. The summed E-state index contributed by atoms with van der Waals surface area (Å²) in [6, 6.07) is 0.130. The Morgan fingerprint density at radius 3 is 2.62 bits per heavy atom. The molecule has 0 aromatic carbocycles. The third-order valence-electron chi connectivity index (χ3n) is 1.42. The maximum absolute atomic E-state index is 8.86. The van der Waals surface area contributed by atoms with Gasteiger partial charge in [0.25, 0.3) is 0 Å². The van der Waals surface area contributed by atoms with Crippen LogP contribution < -0.4 is 5.32 Å². The lowest BCUT2D eigenvalue weighted by molar-refractivity contribution is 0.184. The van der Waals surface area contributed by atoms with Crippen LogP contribution in [-0.2, 0) is 0 Å². The molecule has 1 fully saturated rings. The van der Waals surface area contributed by atoms with Crippen LogP contribution in [0.15, 0.2) is 0 Å². The quantitative estimate of drug-likeness (QED) is 0.400. The second kappa shape index (κ2) is 2.44. The summed E-state index contributed by atoms with van der Waals surface area (Å²) in [6.45, 7) is 0.766. The molecule has 2 atom stereocenters. The highest BCUT2D eigenvalue weighted by Crippen LogP contribution is 2.03. The average molecular weight is 117 g/mol. The van der Waals surface area contributed by atoms with Crippen LogP contribution in [0.1, 0.15) is 6.42 Å². The lowest BCUT2D eigenvalue weighted by atomic mass is 10.2. The minimum atomic E-state index is -0.243. The van der Waals surface area contributed by atoms with Crippen molar-refractivity contribution in [3.63, 3.8) is 0 Å². The molecule has 1 rings (SSSR count). The van der Waals surface area contributed by atoms with Gasteiger partial charge in [-0.15, -0.1) is 0 Å². The van der Waals surface area contributed by atoms with E-state index in [2.05, 4.69) is 5.32 Å². The van der Waals surface area contributed by atoms with E-state index in [0.717, 1.165) is 0 Å². The van der Waals surface area contributed by atoms with Crippen molar-refractivity contribution in [3.8, 4) is 0 Å². The summed E-state index contributed by atoms with van der Waals surface area (Å²) in [5.41, 5.74) is 0. The summed E-state index contributed by atoms with van der Waals surface area (Å²) in [6.07, 6.45) is 0.448. The first-order valence-corrected chi connectivity index (χ1v) is 2.85. The van der Waals surface area contributed by atoms with Crippen LogP contribution in [0.3, 0.4) is 0 Å². The molecule has 0 saturated carbocycles. The van der Waals surface area contributed by atoms with Crippen molar-refractivity contribution in [2.24, 2.45) is 0 Å². The molecule has 1 heterocycles. The molecule has 3 N–H and O–H groups in total. The van der Waals surface area contributed by atoms with Gasteiger partial charge in [-0.2, -0.15) is 0 Å². The molecule has 0 radical (unpaired) electrons. The second-order valence-corrected chi connectivity index (χ2v) is 2.18. The Kier molecular flexibility index (Phi) is 1.83. The van der Waals surface area contributed by atoms with Crippen molar-refractivity contribution in [2.75, 3.05) is 13.2 Å². The predicted molar refractivity (Wildman–Crippen MR) is 29.5 cm³/mol. The standard InChI is InChI=1S/C5H11NO2/c7-3-4-1-5(8)2-6-4/h4-8H,1-3H2/t4-,5?/m0/s1. The molecule has 0 aromatic rings. The van der Waals surface area contributed by atoms with E-state index in [4.69, 9.17) is 10.2 Å². The highest BCUT2D eigenvalue weighted by atomic mass is 16.3. The monoisotopic (exact) mass is 117 g/mol. The third-order valence-corrected chi connectivity index (χ3v) is 1.42. The normalized spacial score (nSPS) is 38.2. The van der Waals surface area contributed by atoms with Crippen molar-refractivity contribution in [3.05, 3.63) is 0 Å². The van der Waals surface area contributed by atoms with Gasteiger partial charge in [-0.3, -0.25) is 0 Å². The van der Waals surface area contributed by atoms with E-state index in [1.54, 1.807) is 0 Å². The largest absolute Gasteiger partial charge is 0.395 e. The minimum absolute atomic E-state index is 0.130. The maximum atomic E-state index is 8.86. The first-order valence-electron chi connectivity index (χ1n) is 2.85. The first kappa shape index (κ1) is 6.01. The zero-order valence-electron chi connectivity index (χ0n) is 4.67. The van der Waals surface area contributed by atoms with Crippen molar-refractivity contribution < 1.29 is 10.2 Å². The van der Waals surface area contributed by atoms with Crippen LogP contribution >= 0.6 is 0 Å². The Balaban J connectivity index is 2.22. The molecule has 0 aliphatic carbocycles. The van der Waals surface area contributed by atoms with Gasteiger partial charge in [0.15, 0.2) is 0 Å². The Morgan fingerprint density at radius 2 is 2.38 bits per heavy atom. The molecule has 1 aliphatic heterocycles. The van der Waals surface area contributed by atoms with Crippen LogP contribution in [0.5, 0.6) is 0 Å². The predicted octanol–water partition coefficient (Wildman–Crippen LogP) is -1.30. The van der Waals surface area contributed by atoms with E-state index < -0.39 is 0 Å². The summed E-state index contributed by atoms with van der Waals surface area (Å²) in [5, 5.41) is 20.3. The van der Waals surface area contributed by atoms with Crippen LogP contribution in [0.2, 0.25) is 0 Å². The number of nitrogens with one attached hydrogen (secondary N) is 1. The van der Waals surface area contributed by atoms with Gasteiger partial charge < -0.3 is 15.5 Å². The van der Waals surface area contributed by atoms with Gasteiger partial charge in [-0.05, 0) is 6.42 Å². The van der Waals surface area contributed by atoms with E-state index in [9.17, 15) is 0 Å². The maximum Gasteiger partial charge on any atom is 0.0680 e. The smallest absolute Gasteiger partial charge is 0.0680 e. The van der Waals surface area contributed by atoms with E-state index in [1.165, 1.54) is 0 Å². The fourth-order valence-corrected chi connectivity index (χ4v) is 0.937. The Labute approximate surface area is 48.3 Å². The number of aliphatic hydroxyl groups is 2. The minimum Gasteiger partial charge on any atom is -0.395 e. The Hall–Kier alpha value is -0.120. The van der Waals surface area contributed by atoms with Gasteiger partial charge in [0.2, 0.25) is 0 Å². The van der Waals surface area contributed by atoms with Crippen molar-refractivity contribution in [2.45, 2.75) is 18.6 Å². The molecular formula is C5H11NO2. The SMILES string of the molecule is OC[C@@H]1CC(O)CN1. The Morgan fingerprint density at radius 1 is 1.62 bits per heavy atom. The summed E-state index contributed by atoms with van der Waals surface area (Å²) in [5.74, 6) is 0. The number of aliphatic hydroxyl groups excluding tert-OH is 2. The van der Waals surface area contributed by atoms with Crippen molar-refractivity contribution >= 4 is 0 Å². The molecule has 3 nitrogen and oxygen atoms in total. The molecule has 3 heteroatoms. The molecule has 48 valence electrons. The van der Waals surface area contributed by atoms with Crippen LogP contribution in [0, 0.1) is 0 Å². The van der Waals surface area contributed by atoms with Crippen molar-refractivity contribution in [1.29, 1.82) is 0 Å². The summed E-state index contributed by atoms with van der Waals surface area (Å²) >= 11 is 0. The number of hydrogen-bond donors (Lipinski definition) is 3. The first-order chi connectivity index (χ1) is 3.83. The van der Waals surface area contributed by atoms with Gasteiger partial charge in [0.1, 0.15) is 0 Å². The average Bonchev–Trinajstić information content (AvgIpc) is 2.14. The molecule has 0 spiro atoms. The summed E-state index contributed by atoms with van der Waals surface area (Å²) in [4.78, 5) is 0. The molecule has 1 aliphatic rings. The van der Waals surface area contributed by atoms with Crippen LogP contribution in [-0.4, -0.2) is 35.5 Å². The zero-order valence-corrected chi connectivity index (χ0v) is 4.67. The van der Waals surface area contributed by atoms with E-state index in [0.29, 0.717) is 13.0 Å². The molecule has 8 heavy (non-hydrogen) atoms. The van der Waals surface area contributed by atoms with E-state index in [-0.39, 0.29) is 18.8 Å². The van der Waals surface area contributed by atoms with Crippen molar-refractivity contribution in [1.82, 2.24) is 5.32 Å². The van der Waals surface area contributed by atoms with Crippen LogP contribution in [0.4, 0.5) is 0 Å². The van der Waals surface area contributed by atoms with Gasteiger partial charge >= 0.3 is 0 Å². The summed E-state index contributed by atoms with van der Waals surface area (Å²) < 4.78 is 0. The summed E-state index contributed by atoms with van der Waals surface area (Å²) in [7, 11) is 0. The van der Waals surface area contributed by atoms with E-state index >= 15 is 0 Å². The van der Waals surface area contributed by atoms with Gasteiger partial charge in [0.05, 0.1) is 12.7 Å². The fourth-order valence-electron chi connectivity index (χ4n) is 0.937. The number of rotatable bonds is 1. The highest BCUT2D eigenvalue weighted by Gasteiger charge is 2.20. The van der Waals surface area contributed by atoms with E-state index in [1.807, 2.05) is 0 Å². The zero-order chi connectivity index (χ0) is 5.98.